The molecule has 0 saturated carbocycles. The molecule has 0 aliphatic rings. The standard InChI is InChI=1S/C9H11N5O4S/c15-9(16)6-14-5-8(4-11-14)19(17,18)12-3-7-1-2-10-13-7/h1-2,4-5,12H,3,6H2,(H,10,13)(H,15,16). The lowest BCUT2D eigenvalue weighted by Gasteiger charge is -2.02. The minimum Gasteiger partial charge on any atom is -0.480 e. The minimum absolute atomic E-state index is 0.0619. The van der Waals surface area contributed by atoms with Crippen molar-refractivity contribution in [1.82, 2.24) is 24.7 Å². The van der Waals surface area contributed by atoms with E-state index in [1.807, 2.05) is 0 Å². The molecule has 0 aliphatic carbocycles. The Balaban J connectivity index is 2.06. The van der Waals surface area contributed by atoms with Gasteiger partial charge in [0, 0.05) is 12.4 Å². The quantitative estimate of drug-likeness (QED) is 0.635. The van der Waals surface area contributed by atoms with E-state index in [1.54, 1.807) is 6.07 Å². The highest BCUT2D eigenvalue weighted by molar-refractivity contribution is 7.89. The number of aromatic amines is 1. The lowest BCUT2D eigenvalue weighted by molar-refractivity contribution is -0.137. The molecule has 0 unspecified atom stereocenters. The second-order valence-electron chi connectivity index (χ2n) is 3.67. The number of aliphatic carboxylic acids is 1. The van der Waals surface area contributed by atoms with Crippen molar-refractivity contribution < 1.29 is 18.3 Å². The van der Waals surface area contributed by atoms with Crippen molar-refractivity contribution in [3.05, 3.63) is 30.4 Å². The van der Waals surface area contributed by atoms with Crippen molar-refractivity contribution in [2.24, 2.45) is 0 Å². The van der Waals surface area contributed by atoms with Gasteiger partial charge in [0.15, 0.2) is 0 Å². The fraction of sp³-hybridized carbons (Fsp3) is 0.222. The smallest absolute Gasteiger partial charge is 0.325 e. The Labute approximate surface area is 108 Å². The third-order valence-electron chi connectivity index (χ3n) is 2.23. The molecule has 0 aromatic carbocycles. The molecule has 19 heavy (non-hydrogen) atoms. The topological polar surface area (TPSA) is 130 Å². The predicted octanol–water partition coefficient (Wildman–Crippen LogP) is -0.831. The second-order valence-corrected chi connectivity index (χ2v) is 5.44. The fourth-order valence-electron chi connectivity index (χ4n) is 1.35. The highest BCUT2D eigenvalue weighted by Gasteiger charge is 2.17. The van der Waals surface area contributed by atoms with E-state index < -0.39 is 22.5 Å². The van der Waals surface area contributed by atoms with E-state index in [0.717, 1.165) is 17.1 Å². The van der Waals surface area contributed by atoms with E-state index in [-0.39, 0.29) is 11.4 Å². The summed E-state index contributed by atoms with van der Waals surface area (Å²) >= 11 is 0. The normalized spacial score (nSPS) is 11.6. The third-order valence-corrected chi connectivity index (χ3v) is 3.58. The Hall–Kier alpha value is -2.20. The Kier molecular flexibility index (Phi) is 3.62. The molecule has 0 saturated heterocycles. The van der Waals surface area contributed by atoms with Crippen LogP contribution in [0.5, 0.6) is 0 Å². The number of aromatic nitrogens is 4. The van der Waals surface area contributed by atoms with Gasteiger partial charge < -0.3 is 5.11 Å². The average molecular weight is 285 g/mol. The molecule has 102 valence electrons. The number of carboxylic acids is 1. The van der Waals surface area contributed by atoms with E-state index in [0.29, 0.717) is 5.69 Å². The molecule has 9 nitrogen and oxygen atoms in total. The van der Waals surface area contributed by atoms with E-state index in [4.69, 9.17) is 5.11 Å². The van der Waals surface area contributed by atoms with Crippen LogP contribution in [0.25, 0.3) is 0 Å². The number of nitrogens with zero attached hydrogens (tertiary/aromatic N) is 3. The first-order chi connectivity index (χ1) is 8.97. The minimum atomic E-state index is -3.73. The van der Waals surface area contributed by atoms with Gasteiger partial charge in [-0.25, -0.2) is 13.1 Å². The highest BCUT2D eigenvalue weighted by Crippen LogP contribution is 2.07. The highest BCUT2D eigenvalue weighted by atomic mass is 32.2. The van der Waals surface area contributed by atoms with Crippen molar-refractivity contribution in [1.29, 1.82) is 0 Å². The number of nitrogens with one attached hydrogen (secondary N) is 2. The molecule has 0 spiro atoms. The number of hydrogen-bond acceptors (Lipinski definition) is 5. The Morgan fingerprint density at radius 3 is 2.95 bits per heavy atom. The monoisotopic (exact) mass is 285 g/mol. The Bertz CT molecular complexity index is 661. The van der Waals surface area contributed by atoms with E-state index in [9.17, 15) is 13.2 Å². The maximum absolute atomic E-state index is 11.9. The van der Waals surface area contributed by atoms with Crippen molar-refractivity contribution in [2.45, 2.75) is 18.0 Å². The molecule has 3 N–H and O–H groups in total. The largest absolute Gasteiger partial charge is 0.480 e. The van der Waals surface area contributed by atoms with Crippen LogP contribution in [0.3, 0.4) is 0 Å². The summed E-state index contributed by atoms with van der Waals surface area (Å²) in [4.78, 5) is 10.4. The molecule has 0 atom stereocenters. The number of rotatable bonds is 6. The van der Waals surface area contributed by atoms with Crippen LogP contribution in [0.4, 0.5) is 0 Å². The molecule has 2 heterocycles. The lowest BCUT2D eigenvalue weighted by atomic mass is 10.4. The summed E-state index contributed by atoms with van der Waals surface area (Å²) in [6, 6.07) is 1.64. The summed E-state index contributed by atoms with van der Waals surface area (Å²) in [6.07, 6.45) is 3.76. The van der Waals surface area contributed by atoms with Gasteiger partial charge >= 0.3 is 5.97 Å². The van der Waals surface area contributed by atoms with Gasteiger partial charge in [0.1, 0.15) is 11.4 Å². The third kappa shape index (κ3) is 3.39. The van der Waals surface area contributed by atoms with Crippen LogP contribution >= 0.6 is 0 Å². The summed E-state index contributed by atoms with van der Waals surface area (Å²) in [6.45, 7) is -0.331. The molecular weight excluding hydrogens is 274 g/mol. The predicted molar refractivity (Wildman–Crippen MR) is 62.5 cm³/mol. The number of carboxylic acid groups (broad SMARTS) is 1. The number of H-pyrrole nitrogens is 1. The first kappa shape index (κ1) is 13.2. The van der Waals surface area contributed by atoms with Gasteiger partial charge in [0.2, 0.25) is 10.0 Å². The van der Waals surface area contributed by atoms with Crippen molar-refractivity contribution in [3.8, 4) is 0 Å². The average Bonchev–Trinajstić information content (AvgIpc) is 2.96. The maximum Gasteiger partial charge on any atom is 0.325 e. The molecule has 2 rings (SSSR count). The van der Waals surface area contributed by atoms with Crippen molar-refractivity contribution >= 4 is 16.0 Å². The first-order valence-corrected chi connectivity index (χ1v) is 6.68. The molecule has 0 aliphatic heterocycles. The SMILES string of the molecule is O=C(O)Cn1cc(S(=O)(=O)NCc2ccn[nH]2)cn1. The van der Waals surface area contributed by atoms with Gasteiger partial charge in [0.25, 0.3) is 0 Å². The Morgan fingerprint density at radius 2 is 2.32 bits per heavy atom. The number of sulfonamides is 1. The number of carbonyl (C=O) groups is 1. The molecule has 2 aromatic rings. The van der Waals surface area contributed by atoms with Gasteiger partial charge in [0.05, 0.1) is 18.4 Å². The van der Waals surface area contributed by atoms with Crippen LogP contribution < -0.4 is 4.72 Å². The summed E-state index contributed by atoms with van der Waals surface area (Å²) in [7, 11) is -3.73. The fourth-order valence-corrected chi connectivity index (χ4v) is 2.31. The zero-order chi connectivity index (χ0) is 13.9. The van der Waals surface area contributed by atoms with Gasteiger partial charge in [-0.2, -0.15) is 10.2 Å². The zero-order valence-corrected chi connectivity index (χ0v) is 10.5. The van der Waals surface area contributed by atoms with E-state index >= 15 is 0 Å². The van der Waals surface area contributed by atoms with Crippen LogP contribution in [0.2, 0.25) is 0 Å². The van der Waals surface area contributed by atoms with Gasteiger partial charge in [-0.05, 0) is 6.07 Å². The van der Waals surface area contributed by atoms with Crippen LogP contribution in [-0.4, -0.2) is 39.5 Å². The summed E-state index contributed by atoms with van der Waals surface area (Å²) in [5.74, 6) is -1.10. The first-order valence-electron chi connectivity index (χ1n) is 5.19. The van der Waals surface area contributed by atoms with E-state index in [1.165, 1.54) is 6.20 Å². The van der Waals surface area contributed by atoms with Crippen molar-refractivity contribution in [2.75, 3.05) is 0 Å². The molecule has 0 radical (unpaired) electrons. The van der Waals surface area contributed by atoms with Crippen LogP contribution in [0, 0.1) is 0 Å². The van der Waals surface area contributed by atoms with Crippen LogP contribution in [0.15, 0.2) is 29.6 Å². The molecule has 2 aromatic heterocycles. The molecule has 0 fully saturated rings. The molecule has 0 bridgehead atoms. The summed E-state index contributed by atoms with van der Waals surface area (Å²) in [5.41, 5.74) is 0.613. The van der Waals surface area contributed by atoms with Gasteiger partial charge in [-0.3, -0.25) is 14.6 Å². The van der Waals surface area contributed by atoms with Gasteiger partial charge in [-0.15, -0.1) is 0 Å². The van der Waals surface area contributed by atoms with Crippen molar-refractivity contribution in [3.63, 3.8) is 0 Å². The van der Waals surface area contributed by atoms with Crippen LogP contribution in [0.1, 0.15) is 5.69 Å². The molecule has 10 heteroatoms. The Morgan fingerprint density at radius 1 is 1.53 bits per heavy atom. The second kappa shape index (κ2) is 5.20. The van der Waals surface area contributed by atoms with E-state index in [2.05, 4.69) is 20.0 Å². The molecular formula is C9H11N5O4S. The number of hydrogen-bond donors (Lipinski definition) is 3. The zero-order valence-electron chi connectivity index (χ0n) is 9.65. The van der Waals surface area contributed by atoms with Gasteiger partial charge in [-0.1, -0.05) is 0 Å². The lowest BCUT2D eigenvalue weighted by Crippen LogP contribution is -2.23. The van der Waals surface area contributed by atoms with Crippen LogP contribution in [-0.2, 0) is 27.9 Å². The summed E-state index contributed by atoms with van der Waals surface area (Å²) in [5, 5.41) is 18.5. The maximum atomic E-state index is 11.9. The summed E-state index contributed by atoms with van der Waals surface area (Å²) < 4.78 is 27.1. The molecule has 0 amide bonds.